The molecule has 2 aromatic carbocycles. The lowest BCUT2D eigenvalue weighted by Crippen LogP contribution is -2.38. The van der Waals surface area contributed by atoms with Gasteiger partial charge in [0.1, 0.15) is 0 Å². The maximum absolute atomic E-state index is 12.8. The van der Waals surface area contributed by atoms with E-state index in [4.69, 9.17) is 5.73 Å². The van der Waals surface area contributed by atoms with Crippen LogP contribution in [0.15, 0.2) is 72.8 Å². The Morgan fingerprint density at radius 3 is 2.19 bits per heavy atom. The predicted molar refractivity (Wildman–Crippen MR) is 131 cm³/mol. The lowest BCUT2D eigenvalue weighted by atomic mass is 9.88. The van der Waals surface area contributed by atoms with E-state index in [0.717, 1.165) is 43.5 Å². The molecule has 3 nitrogen and oxygen atoms in total. The average Bonchev–Trinajstić information content (AvgIpc) is 3.43. The van der Waals surface area contributed by atoms with E-state index in [-0.39, 0.29) is 18.3 Å². The van der Waals surface area contributed by atoms with E-state index in [1.54, 1.807) is 0 Å². The Kier molecular flexibility index (Phi) is 7.89. The van der Waals surface area contributed by atoms with Crippen LogP contribution in [-0.2, 0) is 13.0 Å². The molecular formula is C27H31ClN2O. The molecule has 5 rings (SSSR count). The summed E-state index contributed by atoms with van der Waals surface area (Å²) < 4.78 is 0. The van der Waals surface area contributed by atoms with Gasteiger partial charge in [0.2, 0.25) is 0 Å². The zero-order chi connectivity index (χ0) is 20.9. The van der Waals surface area contributed by atoms with Crippen LogP contribution in [0.2, 0.25) is 0 Å². The van der Waals surface area contributed by atoms with Crippen LogP contribution in [0.5, 0.6) is 0 Å². The lowest BCUT2D eigenvalue weighted by Gasteiger charge is -2.33. The second-order valence-electron chi connectivity index (χ2n) is 8.11. The molecule has 1 aliphatic heterocycles. The van der Waals surface area contributed by atoms with Gasteiger partial charge in [-0.2, -0.15) is 0 Å². The lowest BCUT2D eigenvalue weighted by molar-refractivity contribution is 0.0712. The minimum atomic E-state index is 0. The summed E-state index contributed by atoms with van der Waals surface area (Å²) in [4.78, 5) is 14.8. The molecule has 0 unspecified atom stereocenters. The largest absolute Gasteiger partial charge is 0.339 e. The Hall–Kier alpha value is -2.62. The van der Waals surface area contributed by atoms with Crippen molar-refractivity contribution >= 4 is 18.3 Å². The number of rotatable bonds is 4. The summed E-state index contributed by atoms with van der Waals surface area (Å²) in [5, 5.41) is 0. The molecule has 1 fully saturated rings. The second kappa shape index (κ2) is 10.6. The van der Waals surface area contributed by atoms with Gasteiger partial charge in [0.25, 0.3) is 5.91 Å². The average molecular weight is 435 g/mol. The fourth-order valence-electron chi connectivity index (χ4n) is 4.27. The zero-order valence-electron chi connectivity index (χ0n) is 18.1. The third-order valence-electron chi connectivity index (χ3n) is 6.18. The number of halogens is 1. The summed E-state index contributed by atoms with van der Waals surface area (Å²) in [6.45, 7) is 4.34. The fourth-order valence-corrected chi connectivity index (χ4v) is 4.27. The van der Waals surface area contributed by atoms with Crippen LogP contribution >= 0.6 is 12.4 Å². The Bertz CT molecular complexity index is 1010. The number of likely N-dealkylation sites (tertiary alicyclic amines) is 1. The van der Waals surface area contributed by atoms with E-state index in [1.165, 1.54) is 22.3 Å². The maximum Gasteiger partial charge on any atom is 0.254 e. The molecule has 3 aliphatic rings. The normalized spacial score (nSPS) is 14.2. The first kappa shape index (κ1) is 23.1. The number of nitrogens with zero attached hydrogens (tertiary/aromatic N) is 1. The molecule has 2 aliphatic carbocycles. The van der Waals surface area contributed by atoms with Crippen molar-refractivity contribution in [1.29, 1.82) is 0 Å². The summed E-state index contributed by atoms with van der Waals surface area (Å²) in [6, 6.07) is 25.0. The molecule has 4 heteroatoms. The zero-order valence-corrected chi connectivity index (χ0v) is 18.9. The summed E-state index contributed by atoms with van der Waals surface area (Å²) in [5.74, 6) is 0.712. The van der Waals surface area contributed by atoms with Gasteiger partial charge < -0.3 is 10.6 Å². The quantitative estimate of drug-likeness (QED) is 0.440. The van der Waals surface area contributed by atoms with Crippen LogP contribution in [0.3, 0.4) is 0 Å². The number of carbonyl (C=O) groups excluding carboxylic acids is 1. The highest BCUT2D eigenvalue weighted by molar-refractivity contribution is 5.95. The third-order valence-corrected chi connectivity index (χ3v) is 6.18. The van der Waals surface area contributed by atoms with Gasteiger partial charge in [-0.25, -0.2) is 0 Å². The summed E-state index contributed by atoms with van der Waals surface area (Å²) in [6.07, 6.45) is 2.94. The maximum atomic E-state index is 12.8. The highest BCUT2D eigenvalue weighted by atomic mass is 35.5. The first-order chi connectivity index (χ1) is 14.7. The van der Waals surface area contributed by atoms with Crippen molar-refractivity contribution < 1.29 is 4.79 Å². The van der Waals surface area contributed by atoms with Crippen LogP contribution in [-0.4, -0.2) is 23.9 Å². The summed E-state index contributed by atoms with van der Waals surface area (Å²) in [5.41, 5.74) is 13.1. The first-order valence-corrected chi connectivity index (χ1v) is 11.0. The van der Waals surface area contributed by atoms with Crippen molar-refractivity contribution in [3.05, 3.63) is 95.1 Å². The van der Waals surface area contributed by atoms with Crippen molar-refractivity contribution in [2.75, 3.05) is 13.1 Å². The molecule has 0 saturated carbocycles. The Labute approximate surface area is 191 Å². The summed E-state index contributed by atoms with van der Waals surface area (Å²) in [7, 11) is 0. The minimum absolute atomic E-state index is 0. The minimum Gasteiger partial charge on any atom is -0.339 e. The van der Waals surface area contributed by atoms with Gasteiger partial charge in [-0.15, -0.1) is 12.4 Å². The molecule has 0 atom stereocenters. The van der Waals surface area contributed by atoms with Crippen molar-refractivity contribution in [2.24, 2.45) is 5.73 Å². The monoisotopic (exact) mass is 434 g/mol. The van der Waals surface area contributed by atoms with Crippen LogP contribution in [0.25, 0.3) is 11.1 Å². The number of benzene rings is 3. The van der Waals surface area contributed by atoms with Crippen molar-refractivity contribution in [2.45, 2.75) is 38.6 Å². The SMILES string of the molecule is CCc1ccccc1C(=O)N1CCC(c2cccc(CN)c2)CC1.Cl.c1cc2cc-2c1. The molecule has 0 aromatic heterocycles. The molecule has 2 N–H and O–H groups in total. The molecule has 1 heterocycles. The fraction of sp³-hybridized carbons (Fsp3) is 0.296. The topological polar surface area (TPSA) is 46.3 Å². The Balaban J connectivity index is 0.000000330. The van der Waals surface area contributed by atoms with Crippen molar-refractivity contribution in [3.63, 3.8) is 0 Å². The summed E-state index contributed by atoms with van der Waals surface area (Å²) >= 11 is 0. The van der Waals surface area contributed by atoms with E-state index in [0.29, 0.717) is 12.5 Å². The highest BCUT2D eigenvalue weighted by Gasteiger charge is 2.25. The van der Waals surface area contributed by atoms with Gasteiger partial charge in [-0.05, 0) is 65.1 Å². The predicted octanol–water partition coefficient (Wildman–Crippen LogP) is 5.82. The molecule has 1 amide bonds. The second-order valence-corrected chi connectivity index (χ2v) is 8.11. The molecule has 0 bridgehead atoms. The third kappa shape index (κ3) is 5.55. The van der Waals surface area contributed by atoms with Gasteiger partial charge >= 0.3 is 0 Å². The van der Waals surface area contributed by atoms with E-state index in [1.807, 2.05) is 23.1 Å². The molecule has 2 aromatic rings. The molecule has 1 saturated heterocycles. The number of carbonyl (C=O) groups is 1. The first-order valence-electron chi connectivity index (χ1n) is 11.0. The van der Waals surface area contributed by atoms with Gasteiger partial charge in [0, 0.05) is 25.2 Å². The van der Waals surface area contributed by atoms with Gasteiger partial charge in [-0.3, -0.25) is 4.79 Å². The van der Waals surface area contributed by atoms with E-state index < -0.39 is 0 Å². The molecule has 0 spiro atoms. The highest BCUT2D eigenvalue weighted by Crippen LogP contribution is 2.32. The molecule has 0 radical (unpaired) electrons. The number of hydrogen-bond acceptors (Lipinski definition) is 2. The van der Waals surface area contributed by atoms with Gasteiger partial charge in [0.05, 0.1) is 0 Å². The Morgan fingerprint density at radius 1 is 0.935 bits per heavy atom. The molecule has 162 valence electrons. The molecular weight excluding hydrogens is 404 g/mol. The van der Waals surface area contributed by atoms with Crippen molar-refractivity contribution in [1.82, 2.24) is 4.90 Å². The number of fused-ring (bicyclic) bond motifs is 1. The number of aryl methyl sites for hydroxylation is 1. The number of amides is 1. The van der Waals surface area contributed by atoms with Crippen molar-refractivity contribution in [3.8, 4) is 11.1 Å². The van der Waals surface area contributed by atoms with Crippen LogP contribution in [0, 0.1) is 0 Å². The number of hydrogen-bond donors (Lipinski definition) is 1. The number of nitrogens with two attached hydrogens (primary N) is 1. The Morgan fingerprint density at radius 2 is 1.61 bits per heavy atom. The van der Waals surface area contributed by atoms with Crippen LogP contribution in [0.4, 0.5) is 0 Å². The van der Waals surface area contributed by atoms with E-state index >= 15 is 0 Å². The van der Waals surface area contributed by atoms with Gasteiger partial charge in [0.15, 0.2) is 0 Å². The van der Waals surface area contributed by atoms with E-state index in [2.05, 4.69) is 61.5 Å². The van der Waals surface area contributed by atoms with Crippen LogP contribution < -0.4 is 5.73 Å². The standard InChI is InChI=1S/C21H26N2O.C6H4.ClH/c1-2-17-7-3-4-9-20(17)21(24)23-12-10-18(11-13-23)19-8-5-6-16(14-19)15-22;1-2-5-4-6(5)3-1;/h3-9,14,18H,2,10-13,15,22H2,1H3;1-4H;1H. The van der Waals surface area contributed by atoms with E-state index in [9.17, 15) is 4.79 Å². The molecule has 31 heavy (non-hydrogen) atoms. The number of piperidine rings is 1. The smallest absolute Gasteiger partial charge is 0.254 e. The van der Waals surface area contributed by atoms with Crippen LogP contribution in [0.1, 0.15) is 52.7 Å². The van der Waals surface area contributed by atoms with Gasteiger partial charge in [-0.1, -0.05) is 67.6 Å².